The summed E-state index contributed by atoms with van der Waals surface area (Å²) in [6, 6.07) is 0. The summed E-state index contributed by atoms with van der Waals surface area (Å²) in [6.07, 6.45) is 5.15. The minimum absolute atomic E-state index is 0.280. The molecule has 1 aliphatic carbocycles. The summed E-state index contributed by atoms with van der Waals surface area (Å²) >= 11 is 0. The maximum absolute atomic E-state index is 10.4. The van der Waals surface area contributed by atoms with Crippen LogP contribution in [-0.2, 0) is 0 Å². The lowest BCUT2D eigenvalue weighted by atomic mass is 9.99. The van der Waals surface area contributed by atoms with Crippen molar-refractivity contribution in [3.8, 4) is 0 Å². The average molecular weight is 154 g/mol. The van der Waals surface area contributed by atoms with E-state index in [1.54, 1.807) is 12.2 Å². The highest BCUT2D eigenvalue weighted by atomic mass is 16.6. The van der Waals surface area contributed by atoms with Crippen LogP contribution >= 0.6 is 0 Å². The molecule has 0 aromatic heterocycles. The standard InChI is InChI=1S/C7H10N2O2/c1-6-2-4-7(8,5-3-6)9(10)11/h2-4H,5,8H2,1H3. The Morgan fingerprint density at radius 2 is 2.45 bits per heavy atom. The monoisotopic (exact) mass is 154 g/mol. The van der Waals surface area contributed by atoms with E-state index in [2.05, 4.69) is 0 Å². The van der Waals surface area contributed by atoms with Crippen molar-refractivity contribution in [1.82, 2.24) is 0 Å². The fourth-order valence-corrected chi connectivity index (χ4v) is 0.872. The lowest BCUT2D eigenvalue weighted by molar-refractivity contribution is -0.553. The van der Waals surface area contributed by atoms with Gasteiger partial charge in [-0.1, -0.05) is 17.7 Å². The van der Waals surface area contributed by atoms with Gasteiger partial charge in [-0.15, -0.1) is 0 Å². The van der Waals surface area contributed by atoms with Crippen LogP contribution in [0.15, 0.2) is 23.8 Å². The van der Waals surface area contributed by atoms with Crippen molar-refractivity contribution < 1.29 is 4.92 Å². The van der Waals surface area contributed by atoms with Crippen LogP contribution in [0, 0.1) is 10.1 Å². The molecule has 4 heteroatoms. The van der Waals surface area contributed by atoms with Crippen LogP contribution in [0.3, 0.4) is 0 Å². The number of rotatable bonds is 1. The van der Waals surface area contributed by atoms with E-state index in [1.165, 1.54) is 6.08 Å². The summed E-state index contributed by atoms with van der Waals surface area (Å²) in [5, 5.41) is 10.4. The predicted octanol–water partition coefficient (Wildman–Crippen LogP) is 0.824. The fraction of sp³-hybridized carbons (Fsp3) is 0.429. The molecule has 0 aliphatic heterocycles. The van der Waals surface area contributed by atoms with E-state index < -0.39 is 10.6 Å². The van der Waals surface area contributed by atoms with Crippen LogP contribution < -0.4 is 5.73 Å². The number of hydrogen-bond donors (Lipinski definition) is 1. The van der Waals surface area contributed by atoms with Crippen LogP contribution in [0.5, 0.6) is 0 Å². The highest BCUT2D eigenvalue weighted by molar-refractivity contribution is 5.24. The van der Waals surface area contributed by atoms with Gasteiger partial charge in [-0.3, -0.25) is 15.8 Å². The molecule has 4 nitrogen and oxygen atoms in total. The van der Waals surface area contributed by atoms with Crippen LogP contribution in [0.25, 0.3) is 0 Å². The SMILES string of the molecule is CC1=CCC(N)([N+](=O)[O-])C=C1. The maximum atomic E-state index is 10.4. The number of nitrogens with two attached hydrogens (primary N) is 1. The van der Waals surface area contributed by atoms with E-state index in [0.29, 0.717) is 0 Å². The molecule has 1 aliphatic rings. The molecular formula is C7H10N2O2. The van der Waals surface area contributed by atoms with Gasteiger partial charge in [-0.25, -0.2) is 0 Å². The fourth-order valence-electron chi connectivity index (χ4n) is 0.872. The average Bonchev–Trinajstić information content (AvgIpc) is 1.95. The highest BCUT2D eigenvalue weighted by Crippen LogP contribution is 2.18. The van der Waals surface area contributed by atoms with Gasteiger partial charge >= 0.3 is 0 Å². The van der Waals surface area contributed by atoms with Crippen molar-refractivity contribution in [1.29, 1.82) is 0 Å². The molecule has 0 aromatic rings. The molecule has 1 unspecified atom stereocenters. The van der Waals surface area contributed by atoms with Gasteiger partial charge in [-0.2, -0.15) is 0 Å². The molecule has 60 valence electrons. The molecule has 0 radical (unpaired) electrons. The van der Waals surface area contributed by atoms with Gasteiger partial charge in [0.15, 0.2) is 0 Å². The van der Waals surface area contributed by atoms with Gasteiger partial charge in [0, 0.05) is 11.0 Å². The largest absolute Gasteiger partial charge is 0.295 e. The second-order valence-electron chi connectivity index (χ2n) is 2.73. The summed E-state index contributed by atoms with van der Waals surface area (Å²) in [5.41, 5.74) is 5.08. The molecule has 11 heavy (non-hydrogen) atoms. The molecule has 0 saturated carbocycles. The van der Waals surface area contributed by atoms with E-state index in [-0.39, 0.29) is 6.42 Å². The Morgan fingerprint density at radius 3 is 2.82 bits per heavy atom. The third-order valence-electron chi connectivity index (χ3n) is 1.73. The molecule has 0 bridgehead atoms. The Kier molecular flexibility index (Phi) is 1.78. The van der Waals surface area contributed by atoms with Crippen molar-refractivity contribution in [2.45, 2.75) is 19.0 Å². The minimum Gasteiger partial charge on any atom is -0.262 e. The van der Waals surface area contributed by atoms with Gasteiger partial charge < -0.3 is 0 Å². The molecule has 1 atom stereocenters. The summed E-state index contributed by atoms with van der Waals surface area (Å²) < 4.78 is 0. The molecular weight excluding hydrogens is 144 g/mol. The zero-order chi connectivity index (χ0) is 8.48. The van der Waals surface area contributed by atoms with Crippen molar-refractivity contribution >= 4 is 0 Å². The van der Waals surface area contributed by atoms with E-state index in [9.17, 15) is 10.1 Å². The summed E-state index contributed by atoms with van der Waals surface area (Å²) in [7, 11) is 0. The Labute approximate surface area is 64.5 Å². The van der Waals surface area contributed by atoms with Gasteiger partial charge in [0.05, 0.1) is 6.42 Å². The minimum atomic E-state index is -1.38. The molecule has 0 fully saturated rings. The first-order chi connectivity index (χ1) is 5.04. The quantitative estimate of drug-likeness (QED) is 0.345. The van der Waals surface area contributed by atoms with Crippen molar-refractivity contribution in [3.05, 3.63) is 33.9 Å². The van der Waals surface area contributed by atoms with E-state index in [1.807, 2.05) is 6.92 Å². The smallest absolute Gasteiger partial charge is 0.262 e. The lowest BCUT2D eigenvalue weighted by Gasteiger charge is -2.17. The zero-order valence-electron chi connectivity index (χ0n) is 6.28. The molecule has 2 N–H and O–H groups in total. The number of nitrogens with zero attached hydrogens (tertiary/aromatic N) is 1. The van der Waals surface area contributed by atoms with Crippen LogP contribution in [0.2, 0.25) is 0 Å². The molecule has 0 spiro atoms. The van der Waals surface area contributed by atoms with Crippen LogP contribution in [-0.4, -0.2) is 10.6 Å². The van der Waals surface area contributed by atoms with Gasteiger partial charge in [0.2, 0.25) is 0 Å². The molecule has 0 amide bonds. The summed E-state index contributed by atoms with van der Waals surface area (Å²) in [6.45, 7) is 1.88. The first-order valence-corrected chi connectivity index (χ1v) is 3.34. The molecule has 1 rings (SSSR count). The second kappa shape index (κ2) is 2.47. The van der Waals surface area contributed by atoms with Gasteiger partial charge in [0.1, 0.15) is 0 Å². The van der Waals surface area contributed by atoms with E-state index >= 15 is 0 Å². The van der Waals surface area contributed by atoms with Crippen LogP contribution in [0.1, 0.15) is 13.3 Å². The molecule has 0 heterocycles. The van der Waals surface area contributed by atoms with Crippen molar-refractivity contribution in [3.63, 3.8) is 0 Å². The van der Waals surface area contributed by atoms with Crippen molar-refractivity contribution in [2.75, 3.05) is 0 Å². The first-order valence-electron chi connectivity index (χ1n) is 3.34. The van der Waals surface area contributed by atoms with Gasteiger partial charge in [0.25, 0.3) is 5.66 Å². The van der Waals surface area contributed by atoms with E-state index in [4.69, 9.17) is 5.73 Å². The first kappa shape index (κ1) is 7.94. The Balaban J connectivity index is 2.82. The maximum Gasteiger partial charge on any atom is 0.295 e. The second-order valence-corrected chi connectivity index (χ2v) is 2.73. The summed E-state index contributed by atoms with van der Waals surface area (Å²) in [5.74, 6) is 0. The van der Waals surface area contributed by atoms with Gasteiger partial charge in [-0.05, 0) is 6.92 Å². The number of hydrogen-bond acceptors (Lipinski definition) is 3. The highest BCUT2D eigenvalue weighted by Gasteiger charge is 2.34. The zero-order valence-corrected chi connectivity index (χ0v) is 6.28. The number of nitro groups is 1. The third-order valence-corrected chi connectivity index (χ3v) is 1.73. The normalized spacial score (nSPS) is 29.8. The third kappa shape index (κ3) is 1.46. The predicted molar refractivity (Wildman–Crippen MR) is 41.4 cm³/mol. The van der Waals surface area contributed by atoms with Crippen LogP contribution in [0.4, 0.5) is 0 Å². The Hall–Kier alpha value is -1.16. The summed E-state index contributed by atoms with van der Waals surface area (Å²) in [4.78, 5) is 9.92. The topological polar surface area (TPSA) is 69.2 Å². The lowest BCUT2D eigenvalue weighted by Crippen LogP contribution is -2.46. The molecule has 0 aromatic carbocycles. The Bertz CT molecular complexity index is 245. The Morgan fingerprint density at radius 1 is 1.82 bits per heavy atom. The van der Waals surface area contributed by atoms with E-state index in [0.717, 1.165) is 5.57 Å². The molecule has 0 saturated heterocycles. The van der Waals surface area contributed by atoms with Crippen molar-refractivity contribution in [2.24, 2.45) is 5.73 Å². The number of allylic oxidation sites excluding steroid dienone is 2.